The number of ether oxygens (including phenoxy) is 1. The monoisotopic (exact) mass is 321 g/mol. The predicted molar refractivity (Wildman–Crippen MR) is 87.8 cm³/mol. The molecule has 120 valence electrons. The predicted octanol–water partition coefficient (Wildman–Crippen LogP) is 1.67. The van der Waals surface area contributed by atoms with Crippen LogP contribution in [-0.4, -0.2) is 25.6 Å². The Labute approximate surface area is 138 Å². The molecular formula is C17H15N5O2. The van der Waals surface area contributed by atoms with Crippen LogP contribution in [0.2, 0.25) is 0 Å². The number of anilines is 1. The van der Waals surface area contributed by atoms with E-state index < -0.39 is 12.1 Å². The Morgan fingerprint density at radius 2 is 2.08 bits per heavy atom. The Hall–Kier alpha value is -3.40. The highest BCUT2D eigenvalue weighted by Crippen LogP contribution is 2.19. The number of nitrogens with zero attached hydrogens (tertiary/aromatic N) is 4. The molecule has 0 saturated carbocycles. The molecule has 0 radical (unpaired) electrons. The maximum atomic E-state index is 11.4. The SMILES string of the molecule is CC(=O)OC(C#Cc1c(C)nc2ncnn2c1N)c1ccccc1. The number of carbonyl (C=O) groups excluding carboxylic acids is 1. The number of esters is 1. The lowest BCUT2D eigenvalue weighted by Crippen LogP contribution is -2.08. The van der Waals surface area contributed by atoms with Crippen LogP contribution in [-0.2, 0) is 9.53 Å². The van der Waals surface area contributed by atoms with E-state index in [1.807, 2.05) is 30.3 Å². The van der Waals surface area contributed by atoms with Gasteiger partial charge in [0.25, 0.3) is 5.78 Å². The minimum Gasteiger partial charge on any atom is -0.444 e. The Morgan fingerprint density at radius 3 is 2.79 bits per heavy atom. The zero-order valence-corrected chi connectivity index (χ0v) is 13.2. The van der Waals surface area contributed by atoms with Gasteiger partial charge in [-0.05, 0) is 12.8 Å². The lowest BCUT2D eigenvalue weighted by molar-refractivity contribution is -0.144. The minimum atomic E-state index is -0.686. The number of fused-ring (bicyclic) bond motifs is 1. The second-order valence-electron chi connectivity index (χ2n) is 5.10. The number of benzene rings is 1. The third-order valence-electron chi connectivity index (χ3n) is 3.36. The average molecular weight is 321 g/mol. The van der Waals surface area contributed by atoms with Gasteiger partial charge in [0.15, 0.2) is 6.10 Å². The zero-order valence-electron chi connectivity index (χ0n) is 13.2. The topological polar surface area (TPSA) is 95.4 Å². The minimum absolute atomic E-state index is 0.345. The Morgan fingerprint density at radius 1 is 1.33 bits per heavy atom. The van der Waals surface area contributed by atoms with Crippen molar-refractivity contribution in [3.8, 4) is 11.8 Å². The number of rotatable bonds is 2. The highest BCUT2D eigenvalue weighted by molar-refractivity contribution is 5.67. The molecule has 7 heteroatoms. The van der Waals surface area contributed by atoms with Gasteiger partial charge in [-0.2, -0.15) is 14.6 Å². The summed E-state index contributed by atoms with van der Waals surface area (Å²) in [5.41, 5.74) is 8.05. The van der Waals surface area contributed by atoms with Gasteiger partial charge in [-0.1, -0.05) is 36.3 Å². The van der Waals surface area contributed by atoms with E-state index in [4.69, 9.17) is 10.5 Å². The van der Waals surface area contributed by atoms with Crippen LogP contribution in [0.15, 0.2) is 36.7 Å². The third kappa shape index (κ3) is 3.03. The van der Waals surface area contributed by atoms with Crippen LogP contribution < -0.4 is 5.73 Å². The number of nitrogen functional groups attached to an aromatic ring is 1. The van der Waals surface area contributed by atoms with E-state index in [9.17, 15) is 4.79 Å². The van der Waals surface area contributed by atoms with Gasteiger partial charge in [0.2, 0.25) is 0 Å². The quantitative estimate of drug-likeness (QED) is 0.570. The molecule has 0 amide bonds. The fraction of sp³-hybridized carbons (Fsp3) is 0.176. The van der Waals surface area contributed by atoms with Gasteiger partial charge in [0, 0.05) is 12.5 Å². The first-order valence-electron chi connectivity index (χ1n) is 7.26. The second-order valence-corrected chi connectivity index (χ2v) is 5.10. The fourth-order valence-electron chi connectivity index (χ4n) is 2.25. The van der Waals surface area contributed by atoms with Crippen molar-refractivity contribution in [2.75, 3.05) is 5.73 Å². The Kier molecular flexibility index (Phi) is 4.12. The van der Waals surface area contributed by atoms with E-state index in [1.54, 1.807) is 6.92 Å². The standard InChI is InChI=1S/C17H15N5O2/c1-11-14(16(18)22-17(21-11)19-10-20-22)8-9-15(24-12(2)23)13-6-4-3-5-7-13/h3-7,10,15H,18H2,1-2H3. The summed E-state index contributed by atoms with van der Waals surface area (Å²) in [5.74, 6) is 6.26. The van der Waals surface area contributed by atoms with Crippen molar-refractivity contribution in [2.24, 2.45) is 0 Å². The number of nitrogens with two attached hydrogens (primary N) is 1. The molecule has 0 aliphatic carbocycles. The molecule has 1 aromatic carbocycles. The van der Waals surface area contributed by atoms with Gasteiger partial charge in [-0.25, -0.2) is 4.98 Å². The van der Waals surface area contributed by atoms with Crippen molar-refractivity contribution in [3.63, 3.8) is 0 Å². The van der Waals surface area contributed by atoms with Gasteiger partial charge in [-0.15, -0.1) is 0 Å². The van der Waals surface area contributed by atoms with Crippen molar-refractivity contribution in [1.82, 2.24) is 19.6 Å². The van der Waals surface area contributed by atoms with E-state index in [2.05, 4.69) is 26.9 Å². The molecule has 24 heavy (non-hydrogen) atoms. The Bertz CT molecular complexity index is 954. The summed E-state index contributed by atoms with van der Waals surface area (Å²) in [5, 5.41) is 4.02. The number of carbonyl (C=O) groups is 1. The van der Waals surface area contributed by atoms with Crippen LogP contribution in [0.3, 0.4) is 0 Å². The summed E-state index contributed by atoms with van der Waals surface area (Å²) in [6.07, 6.45) is 0.690. The number of aromatic nitrogens is 4. The summed E-state index contributed by atoms with van der Waals surface area (Å²) in [4.78, 5) is 19.7. The molecule has 0 bridgehead atoms. The maximum Gasteiger partial charge on any atom is 0.304 e. The molecule has 2 heterocycles. The van der Waals surface area contributed by atoms with Gasteiger partial charge < -0.3 is 10.5 Å². The molecule has 7 nitrogen and oxygen atoms in total. The molecule has 0 fully saturated rings. The van der Waals surface area contributed by atoms with Crippen molar-refractivity contribution in [2.45, 2.75) is 20.0 Å². The number of aryl methyl sites for hydroxylation is 1. The first kappa shape index (κ1) is 15.5. The van der Waals surface area contributed by atoms with E-state index >= 15 is 0 Å². The first-order chi connectivity index (χ1) is 11.6. The van der Waals surface area contributed by atoms with Crippen molar-refractivity contribution < 1.29 is 9.53 Å². The zero-order chi connectivity index (χ0) is 17.1. The molecule has 2 aromatic heterocycles. The van der Waals surface area contributed by atoms with Crippen LogP contribution >= 0.6 is 0 Å². The third-order valence-corrected chi connectivity index (χ3v) is 3.36. The highest BCUT2D eigenvalue weighted by atomic mass is 16.5. The normalized spacial score (nSPS) is 11.6. The largest absolute Gasteiger partial charge is 0.444 e. The summed E-state index contributed by atoms with van der Waals surface area (Å²) in [6.45, 7) is 3.14. The lowest BCUT2D eigenvalue weighted by atomic mass is 10.1. The lowest BCUT2D eigenvalue weighted by Gasteiger charge is -2.11. The van der Waals surface area contributed by atoms with E-state index in [0.29, 0.717) is 22.9 Å². The highest BCUT2D eigenvalue weighted by Gasteiger charge is 2.13. The van der Waals surface area contributed by atoms with Gasteiger partial charge in [0.05, 0.1) is 11.3 Å². The molecule has 0 aliphatic heterocycles. The molecule has 0 saturated heterocycles. The first-order valence-corrected chi connectivity index (χ1v) is 7.26. The van der Waals surface area contributed by atoms with Gasteiger partial charge in [0.1, 0.15) is 12.1 Å². The van der Waals surface area contributed by atoms with E-state index in [-0.39, 0.29) is 0 Å². The molecule has 0 spiro atoms. The molecule has 0 aliphatic rings. The molecule has 2 N–H and O–H groups in total. The van der Waals surface area contributed by atoms with Crippen LogP contribution in [0, 0.1) is 18.8 Å². The summed E-state index contributed by atoms with van der Waals surface area (Å²) in [6, 6.07) is 9.29. The molecule has 3 rings (SSSR count). The van der Waals surface area contributed by atoms with Gasteiger partial charge >= 0.3 is 5.97 Å². The molecule has 1 atom stereocenters. The van der Waals surface area contributed by atoms with Crippen molar-refractivity contribution in [3.05, 3.63) is 53.5 Å². The summed E-state index contributed by atoms with van der Waals surface area (Å²) < 4.78 is 6.72. The molecule has 3 aromatic rings. The fourth-order valence-corrected chi connectivity index (χ4v) is 2.25. The van der Waals surface area contributed by atoms with Crippen LogP contribution in [0.5, 0.6) is 0 Å². The smallest absolute Gasteiger partial charge is 0.304 e. The van der Waals surface area contributed by atoms with E-state index in [0.717, 1.165) is 5.56 Å². The van der Waals surface area contributed by atoms with Crippen LogP contribution in [0.25, 0.3) is 5.78 Å². The summed E-state index contributed by atoms with van der Waals surface area (Å²) in [7, 11) is 0. The van der Waals surface area contributed by atoms with E-state index in [1.165, 1.54) is 17.8 Å². The van der Waals surface area contributed by atoms with Crippen molar-refractivity contribution >= 4 is 17.6 Å². The number of hydrogen-bond acceptors (Lipinski definition) is 6. The number of hydrogen-bond donors (Lipinski definition) is 1. The molecule has 1 unspecified atom stereocenters. The van der Waals surface area contributed by atoms with Crippen LogP contribution in [0.4, 0.5) is 5.82 Å². The van der Waals surface area contributed by atoms with Crippen LogP contribution in [0.1, 0.15) is 29.8 Å². The Balaban J connectivity index is 2.04. The average Bonchev–Trinajstić information content (AvgIpc) is 3.02. The molecular weight excluding hydrogens is 306 g/mol. The van der Waals surface area contributed by atoms with Crippen molar-refractivity contribution in [1.29, 1.82) is 0 Å². The summed E-state index contributed by atoms with van der Waals surface area (Å²) >= 11 is 0. The second kappa shape index (κ2) is 6.38. The maximum absolute atomic E-state index is 11.4. The van der Waals surface area contributed by atoms with Gasteiger partial charge in [-0.3, -0.25) is 4.79 Å².